The van der Waals surface area contributed by atoms with Gasteiger partial charge in [0.05, 0.1) is 0 Å². The largest absolute Gasteiger partial charge is 0.329 e. The average Bonchev–Trinajstić information content (AvgIpc) is 2.39. The molecular formula is C16H26BrN3. The summed E-state index contributed by atoms with van der Waals surface area (Å²) in [5.41, 5.74) is 7.74. The van der Waals surface area contributed by atoms with E-state index in [2.05, 4.69) is 52.8 Å². The van der Waals surface area contributed by atoms with Crippen molar-refractivity contribution >= 4 is 15.9 Å². The molecule has 0 spiro atoms. The van der Waals surface area contributed by atoms with Crippen LogP contribution in [0.3, 0.4) is 0 Å². The lowest BCUT2D eigenvalue weighted by Gasteiger charge is -2.41. The molecule has 2 rings (SSSR count). The first-order valence-electron chi connectivity index (χ1n) is 7.45. The van der Waals surface area contributed by atoms with E-state index < -0.39 is 0 Å². The van der Waals surface area contributed by atoms with Crippen LogP contribution in [0.1, 0.15) is 51.1 Å². The Balaban J connectivity index is 2.08. The van der Waals surface area contributed by atoms with E-state index >= 15 is 0 Å². The molecule has 1 saturated carbocycles. The number of aromatic nitrogens is 1. The fourth-order valence-corrected chi connectivity index (χ4v) is 3.58. The Labute approximate surface area is 131 Å². The minimum Gasteiger partial charge on any atom is -0.329 e. The van der Waals surface area contributed by atoms with Gasteiger partial charge in [0.1, 0.15) is 0 Å². The molecule has 0 saturated heterocycles. The Morgan fingerprint density at radius 3 is 2.60 bits per heavy atom. The number of pyridine rings is 1. The number of likely N-dealkylation sites (N-methyl/N-ethyl adjacent to an activating group) is 1. The van der Waals surface area contributed by atoms with Gasteiger partial charge in [0.15, 0.2) is 0 Å². The number of nitrogens with two attached hydrogens (primary N) is 1. The van der Waals surface area contributed by atoms with Gasteiger partial charge in [-0.2, -0.15) is 0 Å². The first kappa shape index (κ1) is 15.9. The zero-order valence-corrected chi connectivity index (χ0v) is 14.4. The van der Waals surface area contributed by atoms with Crippen molar-refractivity contribution in [2.24, 2.45) is 11.1 Å². The number of nitrogens with zero attached hydrogens (tertiary/aromatic N) is 2. The van der Waals surface area contributed by atoms with Gasteiger partial charge in [-0.25, -0.2) is 0 Å². The summed E-state index contributed by atoms with van der Waals surface area (Å²) in [5.74, 6) is 0. The van der Waals surface area contributed by atoms with Crippen molar-refractivity contribution in [2.75, 3.05) is 13.6 Å². The molecule has 4 heteroatoms. The number of rotatable bonds is 4. The van der Waals surface area contributed by atoms with Crippen LogP contribution in [0, 0.1) is 5.41 Å². The highest BCUT2D eigenvalue weighted by molar-refractivity contribution is 9.10. The van der Waals surface area contributed by atoms with E-state index in [1.165, 1.54) is 31.2 Å². The van der Waals surface area contributed by atoms with Crippen molar-refractivity contribution in [1.82, 2.24) is 9.88 Å². The van der Waals surface area contributed by atoms with Crippen molar-refractivity contribution in [3.05, 3.63) is 28.5 Å². The lowest BCUT2D eigenvalue weighted by atomic mass is 9.75. The summed E-state index contributed by atoms with van der Waals surface area (Å²) in [4.78, 5) is 6.73. The third-order valence-corrected chi connectivity index (χ3v) is 5.14. The third-order valence-electron chi connectivity index (χ3n) is 4.71. The fourth-order valence-electron chi connectivity index (χ4n) is 3.19. The van der Waals surface area contributed by atoms with Crippen molar-refractivity contribution in [2.45, 2.75) is 51.6 Å². The molecule has 20 heavy (non-hydrogen) atoms. The lowest BCUT2D eigenvalue weighted by Crippen LogP contribution is -2.41. The third kappa shape index (κ3) is 3.80. The molecule has 0 aromatic carbocycles. The summed E-state index contributed by atoms with van der Waals surface area (Å²) in [6, 6.07) is 3.02. The minimum atomic E-state index is 0.256. The molecule has 1 unspecified atom stereocenters. The number of hydrogen-bond donors (Lipinski definition) is 1. The summed E-state index contributed by atoms with van der Waals surface area (Å²) in [6.07, 6.45) is 8.89. The van der Waals surface area contributed by atoms with Crippen LogP contribution in [-0.4, -0.2) is 29.5 Å². The molecular weight excluding hydrogens is 314 g/mol. The molecule has 1 aromatic heterocycles. The van der Waals surface area contributed by atoms with Crippen LogP contribution in [0.15, 0.2) is 22.9 Å². The molecule has 0 radical (unpaired) electrons. The molecule has 1 fully saturated rings. The second-order valence-electron chi connectivity index (χ2n) is 6.75. The van der Waals surface area contributed by atoms with Crippen LogP contribution in [0.2, 0.25) is 0 Å². The molecule has 0 bridgehead atoms. The summed E-state index contributed by atoms with van der Waals surface area (Å²) in [7, 11) is 2.21. The Kier molecular flexibility index (Phi) is 5.21. The zero-order valence-electron chi connectivity index (χ0n) is 12.8. The lowest BCUT2D eigenvalue weighted by molar-refractivity contribution is 0.0965. The molecule has 112 valence electrons. The molecule has 1 heterocycles. The molecule has 2 N–H and O–H groups in total. The minimum absolute atomic E-state index is 0.256. The summed E-state index contributed by atoms with van der Waals surface area (Å²) in [5, 5.41) is 0. The average molecular weight is 340 g/mol. The van der Waals surface area contributed by atoms with Crippen LogP contribution in [0.25, 0.3) is 0 Å². The van der Waals surface area contributed by atoms with E-state index in [9.17, 15) is 0 Å². The second-order valence-corrected chi connectivity index (χ2v) is 7.66. The second kappa shape index (κ2) is 6.54. The Hall–Kier alpha value is -0.450. The van der Waals surface area contributed by atoms with E-state index in [1.807, 2.05) is 12.4 Å². The number of halogens is 1. The zero-order chi connectivity index (χ0) is 14.8. The topological polar surface area (TPSA) is 42.1 Å². The van der Waals surface area contributed by atoms with E-state index in [-0.39, 0.29) is 6.04 Å². The molecule has 1 aliphatic carbocycles. The molecule has 0 amide bonds. The maximum atomic E-state index is 6.03. The Morgan fingerprint density at radius 2 is 2.05 bits per heavy atom. The number of hydrogen-bond acceptors (Lipinski definition) is 3. The van der Waals surface area contributed by atoms with Crippen LogP contribution in [0.5, 0.6) is 0 Å². The van der Waals surface area contributed by atoms with E-state index in [1.54, 1.807) is 0 Å². The highest BCUT2D eigenvalue weighted by Gasteiger charge is 2.31. The van der Waals surface area contributed by atoms with Crippen molar-refractivity contribution in [3.8, 4) is 0 Å². The van der Waals surface area contributed by atoms with Gasteiger partial charge in [0.25, 0.3) is 0 Å². The molecule has 0 aliphatic heterocycles. The van der Waals surface area contributed by atoms with Gasteiger partial charge in [-0.05, 0) is 65.7 Å². The Morgan fingerprint density at radius 1 is 1.40 bits per heavy atom. The van der Waals surface area contributed by atoms with Crippen molar-refractivity contribution in [1.29, 1.82) is 0 Å². The van der Waals surface area contributed by atoms with Crippen molar-refractivity contribution < 1.29 is 0 Å². The van der Waals surface area contributed by atoms with Crippen LogP contribution < -0.4 is 5.73 Å². The molecule has 1 atom stereocenters. The summed E-state index contributed by atoms with van der Waals surface area (Å²) < 4.78 is 1.02. The first-order chi connectivity index (χ1) is 9.43. The quantitative estimate of drug-likeness (QED) is 0.908. The maximum Gasteiger partial charge on any atom is 0.0485 e. The van der Waals surface area contributed by atoms with Crippen LogP contribution >= 0.6 is 15.9 Å². The van der Waals surface area contributed by atoms with E-state index in [0.29, 0.717) is 18.0 Å². The highest BCUT2D eigenvalue weighted by Crippen LogP contribution is 2.38. The highest BCUT2D eigenvalue weighted by atomic mass is 79.9. The normalized spacial score (nSPS) is 21.1. The predicted octanol–water partition coefficient (Wildman–Crippen LogP) is 3.74. The van der Waals surface area contributed by atoms with Gasteiger partial charge >= 0.3 is 0 Å². The SMILES string of the molecule is CN(C1CCC(C)(C)CC1)C(CN)c1cncc(Br)c1. The smallest absolute Gasteiger partial charge is 0.0485 e. The fraction of sp³-hybridized carbons (Fsp3) is 0.688. The molecule has 1 aromatic rings. The van der Waals surface area contributed by atoms with Crippen LogP contribution in [-0.2, 0) is 0 Å². The van der Waals surface area contributed by atoms with Crippen molar-refractivity contribution in [3.63, 3.8) is 0 Å². The molecule has 1 aliphatic rings. The van der Waals surface area contributed by atoms with Gasteiger partial charge in [0.2, 0.25) is 0 Å². The standard InChI is InChI=1S/C16H26BrN3/c1-16(2)6-4-14(5-7-16)20(3)15(9-18)12-8-13(17)11-19-10-12/h8,10-11,14-15H,4-7,9,18H2,1-3H3. The maximum absolute atomic E-state index is 6.03. The van der Waals surface area contributed by atoms with Crippen LogP contribution in [0.4, 0.5) is 0 Å². The van der Waals surface area contributed by atoms with E-state index in [0.717, 1.165) is 4.47 Å². The summed E-state index contributed by atoms with van der Waals surface area (Å²) >= 11 is 3.50. The molecule has 3 nitrogen and oxygen atoms in total. The van der Waals surface area contributed by atoms with Gasteiger partial charge in [-0.15, -0.1) is 0 Å². The monoisotopic (exact) mass is 339 g/mol. The van der Waals surface area contributed by atoms with Gasteiger partial charge in [-0.3, -0.25) is 9.88 Å². The van der Waals surface area contributed by atoms with E-state index in [4.69, 9.17) is 5.73 Å². The predicted molar refractivity (Wildman–Crippen MR) is 87.5 cm³/mol. The first-order valence-corrected chi connectivity index (χ1v) is 8.25. The van der Waals surface area contributed by atoms with Gasteiger partial charge in [0, 0.05) is 35.5 Å². The Bertz CT molecular complexity index is 437. The van der Waals surface area contributed by atoms with Gasteiger partial charge in [-0.1, -0.05) is 13.8 Å². The summed E-state index contributed by atoms with van der Waals surface area (Å²) in [6.45, 7) is 5.39. The van der Waals surface area contributed by atoms with Gasteiger partial charge < -0.3 is 5.73 Å².